The molecule has 0 atom stereocenters. The Morgan fingerprint density at radius 3 is 1.11 bits per heavy atom. The maximum atomic E-state index is 12.5. The minimum Gasteiger partial charge on any atom is -0.471 e. The molecule has 576 valence electrons. The first-order chi connectivity index (χ1) is 52.5. The molecule has 9 aromatic carbocycles. The molecule has 0 aliphatic carbocycles. The number of carbonyl (C=O) groups is 4. The predicted octanol–water partition coefficient (Wildman–Crippen LogP) is 22.9. The van der Waals surface area contributed by atoms with Gasteiger partial charge in [0.2, 0.25) is 11.8 Å². The number of ether oxygens (including phenoxy) is 5. The van der Waals surface area contributed by atoms with Crippen LogP contribution in [-0.2, 0) is 37.5 Å². The van der Waals surface area contributed by atoms with Crippen molar-refractivity contribution in [3.05, 3.63) is 309 Å². The molecule has 0 unspecified atom stereocenters. The van der Waals surface area contributed by atoms with E-state index >= 15 is 0 Å². The summed E-state index contributed by atoms with van der Waals surface area (Å²) >= 11 is 40.2. The van der Waals surface area contributed by atoms with E-state index in [4.69, 9.17) is 93.3 Å². The molecule has 0 bridgehead atoms. The van der Waals surface area contributed by atoms with Gasteiger partial charge in [0, 0.05) is 66.2 Å². The Balaban J connectivity index is 0.000000181. The Hall–Kier alpha value is -9.89. The van der Waals surface area contributed by atoms with Crippen molar-refractivity contribution in [3.63, 3.8) is 0 Å². The van der Waals surface area contributed by atoms with Crippen LogP contribution in [0.15, 0.2) is 224 Å². The highest BCUT2D eigenvalue weighted by Gasteiger charge is 2.23. The van der Waals surface area contributed by atoms with Crippen LogP contribution in [0.1, 0.15) is 133 Å². The standard InChI is InChI=1S/C31H31Cl2N3O4.C28H26Cl2N2O3.C16H12Cl2N2O.C12H15BrO2/c1-20-5-9-22(10-6-20)27-18-36(26-16-24(32)15-25(33)17-26)35-30(27)39-19-21-7-11-23(12-8-21)29(38)34-14-13-28(37)40-31(2,3)4;1-18-5-9-20(10-6-18)25-16-32(24-14-22(29)13-23(30)15-24)31-26(25)34-17-19-7-11-21(12-8-19)27(33)35-28(2,3)4;1-10-2-4-11(5-3-10)15-9-20(19-16(15)21)14-7-12(17)6-13(18)8-14;1-12(2,3)15-11(14)10-6-4-9(8-13)5-7-10/h5-12,15-18H,13-14,19H2,1-4H3,(H,34,38);5-16H,17H2,1-4H3;2-9H,1H3,(H,19,21);4-7H,8H2,1-3H3. The summed E-state index contributed by atoms with van der Waals surface area (Å²) in [6.07, 6.45) is 5.63. The van der Waals surface area contributed by atoms with Crippen molar-refractivity contribution >= 4 is 109 Å². The molecule has 24 heteroatoms. The largest absolute Gasteiger partial charge is 0.471 e. The van der Waals surface area contributed by atoms with Gasteiger partial charge in [-0.2, -0.15) is 0 Å². The van der Waals surface area contributed by atoms with Crippen molar-refractivity contribution in [3.8, 4) is 62.2 Å². The highest BCUT2D eigenvalue weighted by Crippen LogP contribution is 2.35. The molecule has 1 amide bonds. The Labute approximate surface area is 684 Å². The van der Waals surface area contributed by atoms with Crippen LogP contribution in [0.3, 0.4) is 0 Å². The van der Waals surface area contributed by atoms with E-state index in [1.165, 1.54) is 0 Å². The predicted molar refractivity (Wildman–Crippen MR) is 448 cm³/mol. The second kappa shape index (κ2) is 38.4. The van der Waals surface area contributed by atoms with Gasteiger partial charge in [-0.05, 0) is 207 Å². The maximum Gasteiger partial charge on any atom is 0.338 e. The number of alkyl halides is 1. The van der Waals surface area contributed by atoms with Crippen LogP contribution in [0.4, 0.5) is 0 Å². The fraction of sp³-hybridized carbons (Fsp3) is 0.230. The first-order valence-electron chi connectivity index (χ1n) is 35.2. The molecule has 0 aliphatic heterocycles. The van der Waals surface area contributed by atoms with E-state index in [1.807, 2.05) is 184 Å². The fourth-order valence-electron chi connectivity index (χ4n) is 10.5. The number of carbonyl (C=O) groups excluding carboxylic acids is 4. The molecule has 0 spiro atoms. The number of aryl methyl sites for hydroxylation is 3. The monoisotopic (exact) mass is 1680 g/mol. The van der Waals surface area contributed by atoms with Gasteiger partial charge < -0.3 is 29.0 Å². The number of aromatic amines is 1. The van der Waals surface area contributed by atoms with E-state index in [1.54, 1.807) is 132 Å². The number of benzene rings is 9. The molecule has 3 aromatic heterocycles. The number of esters is 3. The average molecular weight is 1680 g/mol. The van der Waals surface area contributed by atoms with Gasteiger partial charge in [0.25, 0.3) is 11.5 Å². The van der Waals surface area contributed by atoms with E-state index in [-0.39, 0.29) is 55.6 Å². The third-order valence-corrected chi connectivity index (χ3v) is 17.8. The Morgan fingerprint density at radius 2 is 0.757 bits per heavy atom. The van der Waals surface area contributed by atoms with Gasteiger partial charge in [0.1, 0.15) is 30.0 Å². The second-order valence-electron chi connectivity index (χ2n) is 28.8. The summed E-state index contributed by atoms with van der Waals surface area (Å²) in [5.74, 6) is -0.331. The van der Waals surface area contributed by atoms with Gasteiger partial charge >= 0.3 is 17.9 Å². The molecular formula is C87H84BrCl6N7O10. The number of halogens is 7. The van der Waals surface area contributed by atoms with Gasteiger partial charge in [-0.15, -0.1) is 10.2 Å². The first-order valence-corrected chi connectivity index (χ1v) is 38.5. The quantitative estimate of drug-likeness (QED) is 0.0442. The van der Waals surface area contributed by atoms with E-state index in [9.17, 15) is 24.0 Å². The highest BCUT2D eigenvalue weighted by molar-refractivity contribution is 9.08. The minimum atomic E-state index is -0.555. The smallest absolute Gasteiger partial charge is 0.338 e. The number of rotatable bonds is 19. The Kier molecular flexibility index (Phi) is 29.4. The van der Waals surface area contributed by atoms with Crippen molar-refractivity contribution in [1.29, 1.82) is 0 Å². The van der Waals surface area contributed by atoms with Crippen molar-refractivity contribution < 1.29 is 42.9 Å². The topological polar surface area (TPSA) is 200 Å². The van der Waals surface area contributed by atoms with Gasteiger partial charge in [-0.25, -0.2) is 19.0 Å². The lowest BCUT2D eigenvalue weighted by Gasteiger charge is -2.19. The summed E-state index contributed by atoms with van der Waals surface area (Å²) in [6, 6.07) is 61.3. The summed E-state index contributed by atoms with van der Waals surface area (Å²) in [7, 11) is 0. The van der Waals surface area contributed by atoms with Crippen molar-refractivity contribution in [1.82, 2.24) is 34.7 Å². The molecule has 12 aromatic rings. The molecule has 3 heterocycles. The summed E-state index contributed by atoms with van der Waals surface area (Å²) in [4.78, 5) is 60.4. The molecular weight excluding hydrogens is 1600 g/mol. The summed E-state index contributed by atoms with van der Waals surface area (Å²) < 4.78 is 33.2. The van der Waals surface area contributed by atoms with Crippen molar-refractivity contribution in [2.75, 3.05) is 6.54 Å². The summed E-state index contributed by atoms with van der Waals surface area (Å²) in [5, 5.41) is 18.7. The SMILES string of the molecule is CC(C)(C)OC(=O)c1ccc(CBr)cc1.Cc1ccc(-c2cn(-c3cc(Cl)cc(Cl)c3)[nH]c2=O)cc1.Cc1ccc(-c2cn(-c3cc(Cl)cc(Cl)c3)nc2OCc2ccc(C(=O)NCCC(=O)OC(C)(C)C)cc2)cc1.Cc1ccc(-c2cn(-c3cc(Cl)cc(Cl)c3)nc2OCc2ccc(C(=O)OC(C)(C)C)cc2)cc1. The summed E-state index contributed by atoms with van der Waals surface area (Å²) in [6.45, 7) is 23.3. The van der Waals surface area contributed by atoms with Crippen LogP contribution in [0.2, 0.25) is 30.1 Å². The average Bonchev–Trinajstić information content (AvgIpc) is 1.67. The van der Waals surface area contributed by atoms with Crippen LogP contribution in [0, 0.1) is 20.8 Å². The van der Waals surface area contributed by atoms with Crippen molar-refractivity contribution in [2.45, 2.75) is 125 Å². The third kappa shape index (κ3) is 26.4. The molecule has 0 aliphatic rings. The van der Waals surface area contributed by atoms with Gasteiger partial charge in [0.05, 0.1) is 51.3 Å². The lowest BCUT2D eigenvalue weighted by Crippen LogP contribution is -2.29. The first kappa shape index (κ1) is 85.1. The lowest BCUT2D eigenvalue weighted by atomic mass is 10.1. The van der Waals surface area contributed by atoms with Crippen LogP contribution in [0.25, 0.3) is 50.4 Å². The molecule has 0 saturated carbocycles. The number of nitrogens with one attached hydrogen (secondary N) is 2. The number of hydrogen-bond donors (Lipinski definition) is 2. The normalized spacial score (nSPS) is 11.2. The molecule has 0 radical (unpaired) electrons. The Morgan fingerprint density at radius 1 is 0.423 bits per heavy atom. The molecule has 2 N–H and O–H groups in total. The Bertz CT molecular complexity index is 5200. The van der Waals surface area contributed by atoms with Gasteiger partial charge in [-0.1, -0.05) is 211 Å². The van der Waals surface area contributed by atoms with Crippen LogP contribution in [0.5, 0.6) is 11.8 Å². The third-order valence-electron chi connectivity index (χ3n) is 15.9. The van der Waals surface area contributed by atoms with E-state index in [0.29, 0.717) is 75.5 Å². The van der Waals surface area contributed by atoms with E-state index in [2.05, 4.69) is 36.5 Å². The fourth-order valence-corrected chi connectivity index (χ4v) is 12.4. The molecule has 111 heavy (non-hydrogen) atoms. The van der Waals surface area contributed by atoms with Crippen LogP contribution in [-0.4, -0.2) is 76.5 Å². The minimum absolute atomic E-state index is 0.103. The molecule has 0 fully saturated rings. The zero-order valence-electron chi connectivity index (χ0n) is 63.3. The zero-order valence-corrected chi connectivity index (χ0v) is 69.4. The summed E-state index contributed by atoms with van der Waals surface area (Å²) in [5.41, 5.74) is 13.4. The van der Waals surface area contributed by atoms with Gasteiger partial charge in [0.15, 0.2) is 0 Å². The van der Waals surface area contributed by atoms with E-state index < -0.39 is 16.8 Å². The van der Waals surface area contributed by atoms with Crippen molar-refractivity contribution in [2.24, 2.45) is 0 Å². The molecule has 17 nitrogen and oxygen atoms in total. The maximum absolute atomic E-state index is 12.5. The zero-order chi connectivity index (χ0) is 80.5. The number of amides is 1. The van der Waals surface area contributed by atoms with Crippen LogP contribution < -0.4 is 20.3 Å². The number of nitrogens with zero attached hydrogens (tertiary/aromatic N) is 5. The van der Waals surface area contributed by atoms with Crippen LogP contribution >= 0.6 is 85.5 Å². The second-order valence-corrected chi connectivity index (χ2v) is 32.0. The van der Waals surface area contributed by atoms with Gasteiger partial charge in [-0.3, -0.25) is 24.2 Å². The highest BCUT2D eigenvalue weighted by atomic mass is 79.9. The number of hydrogen-bond acceptors (Lipinski definition) is 12. The molecule has 12 rings (SSSR count). The number of aromatic nitrogens is 6. The lowest BCUT2D eigenvalue weighted by molar-refractivity contribution is -0.154. The van der Waals surface area contributed by atoms with E-state index in [0.717, 1.165) is 72.2 Å². The molecule has 0 saturated heterocycles. The number of H-pyrrole nitrogens is 1.